The smallest absolute Gasteiger partial charge is 0.341 e. The van der Waals surface area contributed by atoms with E-state index in [-0.39, 0.29) is 17.2 Å². The van der Waals surface area contributed by atoms with Crippen LogP contribution in [-0.4, -0.2) is 45.1 Å². The normalized spacial score (nSPS) is 11.7. The van der Waals surface area contributed by atoms with Gasteiger partial charge in [-0.25, -0.2) is 19.4 Å². The van der Waals surface area contributed by atoms with Crippen LogP contribution in [0.25, 0.3) is 10.7 Å². The summed E-state index contributed by atoms with van der Waals surface area (Å²) in [4.78, 5) is 42.4. The predicted molar refractivity (Wildman–Crippen MR) is 116 cm³/mol. The number of anilines is 1. The fourth-order valence-corrected chi connectivity index (χ4v) is 4.03. The van der Waals surface area contributed by atoms with Crippen molar-refractivity contribution < 1.29 is 23.9 Å². The van der Waals surface area contributed by atoms with Crippen LogP contribution in [0.2, 0.25) is 0 Å². The molecule has 0 saturated carbocycles. The summed E-state index contributed by atoms with van der Waals surface area (Å²) in [5.74, 6) is -0.671. The fourth-order valence-electron chi connectivity index (χ4n) is 2.41. The molecule has 0 fully saturated rings. The summed E-state index contributed by atoms with van der Waals surface area (Å²) in [6.45, 7) is 11.9. The maximum atomic E-state index is 12.6. The number of thiophene rings is 1. The number of carbonyl (C=O) groups excluding carboxylic acids is 3. The number of urea groups is 1. The Morgan fingerprint density at radius 1 is 1.17 bits per heavy atom. The Bertz CT molecular complexity index is 930. The lowest BCUT2D eigenvalue weighted by atomic mass is 10.1. The van der Waals surface area contributed by atoms with E-state index in [1.807, 2.05) is 0 Å². The van der Waals surface area contributed by atoms with Crippen LogP contribution in [0.4, 0.5) is 9.80 Å². The summed E-state index contributed by atoms with van der Waals surface area (Å²) in [5, 5.41) is 5.53. The second kappa shape index (κ2) is 9.09. The predicted octanol–water partition coefficient (Wildman–Crippen LogP) is 3.99. The molecule has 2 rings (SSSR count). The van der Waals surface area contributed by atoms with E-state index in [9.17, 15) is 14.4 Å². The van der Waals surface area contributed by atoms with Crippen molar-refractivity contribution in [2.24, 2.45) is 0 Å². The highest BCUT2D eigenvalue weighted by molar-refractivity contribution is 7.20. The van der Waals surface area contributed by atoms with Crippen molar-refractivity contribution in [3.63, 3.8) is 0 Å². The van der Waals surface area contributed by atoms with Gasteiger partial charge in [-0.05, 0) is 65.6 Å². The Morgan fingerprint density at radius 3 is 2.37 bits per heavy atom. The minimum Gasteiger partial charge on any atom is -0.462 e. The van der Waals surface area contributed by atoms with Crippen LogP contribution < -0.4 is 10.6 Å². The van der Waals surface area contributed by atoms with Crippen molar-refractivity contribution in [3.8, 4) is 10.7 Å². The third kappa shape index (κ3) is 5.76. The largest absolute Gasteiger partial charge is 0.462 e. The zero-order valence-corrected chi connectivity index (χ0v) is 19.7. The summed E-state index contributed by atoms with van der Waals surface area (Å²) in [7, 11) is 0. The Kier molecular flexibility index (Phi) is 7.19. The first-order valence-corrected chi connectivity index (χ1v) is 10.9. The van der Waals surface area contributed by atoms with E-state index in [1.54, 1.807) is 40.1 Å². The zero-order valence-electron chi connectivity index (χ0n) is 18.0. The van der Waals surface area contributed by atoms with E-state index in [0.717, 1.165) is 11.3 Å². The maximum Gasteiger partial charge on any atom is 0.341 e. The Morgan fingerprint density at radius 2 is 1.83 bits per heavy atom. The van der Waals surface area contributed by atoms with Gasteiger partial charge in [0.1, 0.15) is 21.7 Å². The quantitative estimate of drug-likeness (QED) is 0.633. The minimum absolute atomic E-state index is 0.190. The van der Waals surface area contributed by atoms with Gasteiger partial charge in [0.15, 0.2) is 5.82 Å². The molecule has 2 amide bonds. The number of aromatic nitrogens is 2. The van der Waals surface area contributed by atoms with Gasteiger partial charge in [-0.15, -0.1) is 11.3 Å². The Balaban J connectivity index is 2.28. The topological polar surface area (TPSA) is 120 Å². The molecular weight excluding hydrogens is 428 g/mol. The third-order valence-corrected chi connectivity index (χ3v) is 5.43. The molecule has 0 aliphatic heterocycles. The molecule has 30 heavy (non-hydrogen) atoms. The van der Waals surface area contributed by atoms with Gasteiger partial charge in [0.25, 0.3) is 0 Å². The van der Waals surface area contributed by atoms with Crippen LogP contribution in [0.3, 0.4) is 0 Å². The molecule has 0 aliphatic rings. The highest BCUT2D eigenvalue weighted by Gasteiger charge is 2.35. The summed E-state index contributed by atoms with van der Waals surface area (Å²) in [6.07, 6.45) is 0. The van der Waals surface area contributed by atoms with Crippen LogP contribution in [0.1, 0.15) is 57.5 Å². The molecule has 11 heteroatoms. The Hall–Kier alpha value is -2.53. The molecule has 0 aliphatic carbocycles. The number of esters is 2. The minimum atomic E-state index is -1.28. The van der Waals surface area contributed by atoms with Crippen molar-refractivity contribution in [3.05, 3.63) is 16.6 Å². The maximum absolute atomic E-state index is 12.6. The molecule has 0 spiro atoms. The number of amides is 2. The van der Waals surface area contributed by atoms with Gasteiger partial charge in [0.2, 0.25) is 0 Å². The lowest BCUT2D eigenvalue weighted by Crippen LogP contribution is -2.53. The zero-order chi connectivity index (χ0) is 22.7. The van der Waals surface area contributed by atoms with E-state index in [1.165, 1.54) is 25.4 Å². The summed E-state index contributed by atoms with van der Waals surface area (Å²) in [6, 6.07) is -0.657. The van der Waals surface area contributed by atoms with Crippen LogP contribution in [0.15, 0.2) is 5.51 Å². The van der Waals surface area contributed by atoms with Gasteiger partial charge in [-0.1, -0.05) is 0 Å². The molecule has 0 aromatic carbocycles. The molecule has 2 N–H and O–H groups in total. The monoisotopic (exact) mass is 454 g/mol. The molecule has 164 valence electrons. The lowest BCUT2D eigenvalue weighted by Gasteiger charge is -2.29. The average molecular weight is 455 g/mol. The van der Waals surface area contributed by atoms with E-state index in [4.69, 9.17) is 9.47 Å². The van der Waals surface area contributed by atoms with E-state index >= 15 is 0 Å². The molecule has 2 aromatic rings. The number of hydrogen-bond acceptors (Lipinski definition) is 9. The number of carbonyl (C=O) groups is 3. The van der Waals surface area contributed by atoms with Gasteiger partial charge in [-0.3, -0.25) is 5.32 Å². The standard InChI is InChI=1S/C19H26N4O5S2/c1-8-27-15(24)11-10(2)12(13-20-9-29-23-13)30-14(11)21-17(26)22-19(6,7)16(25)28-18(3,4)5/h9H,8H2,1-7H3,(H2,21,22,26). The van der Waals surface area contributed by atoms with Gasteiger partial charge in [-0.2, -0.15) is 4.37 Å². The molecule has 0 radical (unpaired) electrons. The lowest BCUT2D eigenvalue weighted by molar-refractivity contribution is -0.161. The fraction of sp³-hybridized carbons (Fsp3) is 0.526. The highest BCUT2D eigenvalue weighted by atomic mass is 32.1. The number of nitrogens with zero attached hydrogens (tertiary/aromatic N) is 2. The van der Waals surface area contributed by atoms with Gasteiger partial charge >= 0.3 is 18.0 Å². The molecule has 0 atom stereocenters. The molecule has 2 aromatic heterocycles. The number of nitrogens with one attached hydrogen (secondary N) is 2. The molecule has 0 bridgehead atoms. The van der Waals surface area contributed by atoms with E-state index < -0.39 is 29.1 Å². The van der Waals surface area contributed by atoms with Crippen LogP contribution >= 0.6 is 22.9 Å². The Labute approximate surface area is 183 Å². The molecular formula is C19H26N4O5S2. The number of rotatable bonds is 6. The van der Waals surface area contributed by atoms with Gasteiger partial charge in [0, 0.05) is 0 Å². The number of hydrogen-bond donors (Lipinski definition) is 2. The first-order chi connectivity index (χ1) is 13.9. The van der Waals surface area contributed by atoms with Crippen LogP contribution in [-0.2, 0) is 14.3 Å². The molecule has 9 nitrogen and oxygen atoms in total. The second-order valence-corrected chi connectivity index (χ2v) is 9.57. The van der Waals surface area contributed by atoms with E-state index in [2.05, 4.69) is 20.0 Å². The summed E-state index contributed by atoms with van der Waals surface area (Å²) >= 11 is 2.35. The molecule has 0 saturated heterocycles. The van der Waals surface area contributed by atoms with Crippen molar-refractivity contribution in [1.82, 2.24) is 14.7 Å². The SMILES string of the molecule is CCOC(=O)c1c(NC(=O)NC(C)(C)C(=O)OC(C)(C)C)sc(-c2ncsn2)c1C. The van der Waals surface area contributed by atoms with Gasteiger partial charge in [0.05, 0.1) is 17.0 Å². The third-order valence-electron chi connectivity index (χ3n) is 3.75. The van der Waals surface area contributed by atoms with Gasteiger partial charge < -0.3 is 14.8 Å². The first-order valence-electron chi connectivity index (χ1n) is 9.25. The van der Waals surface area contributed by atoms with Crippen molar-refractivity contribution in [2.75, 3.05) is 11.9 Å². The molecule has 2 heterocycles. The van der Waals surface area contributed by atoms with Crippen molar-refractivity contribution in [2.45, 2.75) is 59.6 Å². The van der Waals surface area contributed by atoms with Crippen molar-refractivity contribution in [1.29, 1.82) is 0 Å². The van der Waals surface area contributed by atoms with Crippen molar-refractivity contribution >= 4 is 45.8 Å². The first kappa shape index (κ1) is 23.7. The van der Waals surface area contributed by atoms with Crippen LogP contribution in [0.5, 0.6) is 0 Å². The summed E-state index contributed by atoms with van der Waals surface area (Å²) < 4.78 is 14.7. The molecule has 0 unspecified atom stereocenters. The average Bonchev–Trinajstić information content (AvgIpc) is 3.21. The number of ether oxygens (including phenoxy) is 2. The summed E-state index contributed by atoms with van der Waals surface area (Å²) in [5.41, 5.74) is 0.453. The van der Waals surface area contributed by atoms with Crippen LogP contribution in [0, 0.1) is 6.92 Å². The second-order valence-electron chi connectivity index (χ2n) is 7.94. The van der Waals surface area contributed by atoms with E-state index in [0.29, 0.717) is 16.3 Å². The highest BCUT2D eigenvalue weighted by Crippen LogP contribution is 2.39.